The second-order valence-corrected chi connectivity index (χ2v) is 6.95. The average molecular weight is 460 g/mol. The number of hydrogen-bond acceptors (Lipinski definition) is 7. The molecule has 0 bridgehead atoms. The van der Waals surface area contributed by atoms with E-state index in [2.05, 4.69) is 25.0 Å². The SMILES string of the molecule is Cl.O=c1[nH]c(-c2cccnc2OC2CNCCC(c3ccc(Cl)c(Cl)c3)O2)no1. The molecule has 154 valence electrons. The van der Waals surface area contributed by atoms with E-state index in [9.17, 15) is 4.79 Å². The normalized spacial score (nSPS) is 19.2. The predicted molar refractivity (Wildman–Crippen MR) is 110 cm³/mol. The van der Waals surface area contributed by atoms with Crippen LogP contribution < -0.4 is 15.8 Å². The number of ether oxygens (including phenoxy) is 2. The summed E-state index contributed by atoms with van der Waals surface area (Å²) in [6.45, 7) is 1.21. The third-order valence-corrected chi connectivity index (χ3v) is 4.97. The molecular formula is C18H17Cl3N4O4. The first-order chi connectivity index (χ1) is 13.6. The predicted octanol–water partition coefficient (Wildman–Crippen LogP) is 3.61. The lowest BCUT2D eigenvalue weighted by Gasteiger charge is -2.23. The fourth-order valence-electron chi connectivity index (χ4n) is 2.92. The van der Waals surface area contributed by atoms with Crippen molar-refractivity contribution < 1.29 is 14.0 Å². The molecule has 4 rings (SSSR count). The molecule has 1 saturated heterocycles. The Hall–Kier alpha value is -2.10. The molecule has 3 heterocycles. The van der Waals surface area contributed by atoms with Crippen molar-refractivity contribution >= 4 is 35.6 Å². The van der Waals surface area contributed by atoms with Gasteiger partial charge in [0.15, 0.2) is 5.82 Å². The van der Waals surface area contributed by atoms with Crippen molar-refractivity contribution in [3.8, 4) is 17.3 Å². The number of benzene rings is 1. The Morgan fingerprint density at radius 3 is 2.83 bits per heavy atom. The molecule has 2 unspecified atom stereocenters. The number of pyridine rings is 1. The van der Waals surface area contributed by atoms with Gasteiger partial charge in [0, 0.05) is 6.20 Å². The van der Waals surface area contributed by atoms with Gasteiger partial charge in [-0.15, -0.1) is 12.4 Å². The molecule has 0 amide bonds. The summed E-state index contributed by atoms with van der Waals surface area (Å²) in [5, 5.41) is 7.93. The minimum absolute atomic E-state index is 0. The van der Waals surface area contributed by atoms with Crippen LogP contribution >= 0.6 is 35.6 Å². The molecule has 0 radical (unpaired) electrons. The van der Waals surface area contributed by atoms with E-state index in [4.69, 9.17) is 32.7 Å². The van der Waals surface area contributed by atoms with Crippen LogP contribution in [0.1, 0.15) is 18.1 Å². The van der Waals surface area contributed by atoms with Crippen molar-refractivity contribution in [1.29, 1.82) is 0 Å². The van der Waals surface area contributed by atoms with Gasteiger partial charge in [0.1, 0.15) is 0 Å². The highest BCUT2D eigenvalue weighted by atomic mass is 35.5. The molecule has 11 heteroatoms. The van der Waals surface area contributed by atoms with Crippen molar-refractivity contribution in [2.75, 3.05) is 13.1 Å². The summed E-state index contributed by atoms with van der Waals surface area (Å²) in [7, 11) is 0. The first-order valence-corrected chi connectivity index (χ1v) is 9.35. The number of nitrogens with one attached hydrogen (secondary N) is 2. The zero-order valence-electron chi connectivity index (χ0n) is 14.9. The fourth-order valence-corrected chi connectivity index (χ4v) is 3.22. The number of nitrogens with zero attached hydrogens (tertiary/aromatic N) is 2. The molecule has 1 aliphatic rings. The van der Waals surface area contributed by atoms with Crippen LogP contribution in [0, 0.1) is 0 Å². The second-order valence-electron chi connectivity index (χ2n) is 6.14. The molecular weight excluding hydrogens is 443 g/mol. The number of H-pyrrole nitrogens is 1. The molecule has 0 saturated carbocycles. The maximum absolute atomic E-state index is 11.3. The van der Waals surface area contributed by atoms with Crippen LogP contribution in [0.25, 0.3) is 11.4 Å². The summed E-state index contributed by atoms with van der Waals surface area (Å²) in [5.74, 6) is -0.152. The van der Waals surface area contributed by atoms with Crippen LogP contribution in [0.5, 0.6) is 5.88 Å². The summed E-state index contributed by atoms with van der Waals surface area (Å²) >= 11 is 12.1. The molecule has 29 heavy (non-hydrogen) atoms. The molecule has 1 aliphatic heterocycles. The Morgan fingerprint density at radius 2 is 2.07 bits per heavy atom. The van der Waals surface area contributed by atoms with Gasteiger partial charge in [0.2, 0.25) is 12.2 Å². The quantitative estimate of drug-likeness (QED) is 0.614. The third-order valence-electron chi connectivity index (χ3n) is 4.24. The minimum atomic E-state index is -0.656. The monoisotopic (exact) mass is 458 g/mol. The number of halogens is 3. The van der Waals surface area contributed by atoms with Crippen LogP contribution in [-0.2, 0) is 4.74 Å². The highest BCUT2D eigenvalue weighted by Gasteiger charge is 2.25. The van der Waals surface area contributed by atoms with Gasteiger partial charge in [-0.25, -0.2) is 9.78 Å². The summed E-state index contributed by atoms with van der Waals surface area (Å²) in [5.41, 5.74) is 1.40. The van der Waals surface area contributed by atoms with Gasteiger partial charge in [0.05, 0.1) is 28.3 Å². The Labute approximate surface area is 181 Å². The van der Waals surface area contributed by atoms with E-state index in [0.717, 1.165) is 18.5 Å². The Kier molecular flexibility index (Phi) is 7.15. The van der Waals surface area contributed by atoms with Gasteiger partial charge in [-0.1, -0.05) is 34.4 Å². The Bertz CT molecular complexity index is 1030. The summed E-state index contributed by atoms with van der Waals surface area (Å²) < 4.78 is 16.7. The molecule has 8 nitrogen and oxygen atoms in total. The second kappa shape index (κ2) is 9.60. The summed E-state index contributed by atoms with van der Waals surface area (Å²) in [6, 6.07) is 8.85. The molecule has 1 fully saturated rings. The Morgan fingerprint density at radius 1 is 1.21 bits per heavy atom. The van der Waals surface area contributed by atoms with Crippen molar-refractivity contribution in [3.63, 3.8) is 0 Å². The largest absolute Gasteiger partial charge is 0.446 e. The third kappa shape index (κ3) is 5.09. The number of aromatic nitrogens is 3. The van der Waals surface area contributed by atoms with Crippen molar-refractivity contribution in [1.82, 2.24) is 20.4 Å². The molecule has 3 aromatic rings. The average Bonchev–Trinajstić information content (AvgIpc) is 2.99. The maximum Gasteiger partial charge on any atom is 0.439 e. The molecule has 1 aromatic carbocycles. The summed E-state index contributed by atoms with van der Waals surface area (Å²) in [6.07, 6.45) is 1.48. The topological polar surface area (TPSA) is 102 Å². The molecule has 0 aliphatic carbocycles. The minimum Gasteiger partial charge on any atom is -0.446 e. The van der Waals surface area contributed by atoms with E-state index in [1.807, 2.05) is 6.07 Å². The lowest BCUT2D eigenvalue weighted by molar-refractivity contribution is -0.112. The van der Waals surface area contributed by atoms with Gasteiger partial charge in [0.25, 0.3) is 0 Å². The van der Waals surface area contributed by atoms with Crippen molar-refractivity contribution in [3.05, 3.63) is 62.7 Å². The molecule has 2 N–H and O–H groups in total. The highest BCUT2D eigenvalue weighted by Crippen LogP contribution is 2.31. The number of rotatable bonds is 4. The molecule has 2 atom stereocenters. The van der Waals surface area contributed by atoms with Crippen LogP contribution in [0.15, 0.2) is 45.8 Å². The Balaban J connectivity index is 0.00000240. The van der Waals surface area contributed by atoms with E-state index in [1.165, 1.54) is 0 Å². The van der Waals surface area contributed by atoms with Gasteiger partial charge >= 0.3 is 5.76 Å². The smallest absolute Gasteiger partial charge is 0.439 e. The number of hydrogen-bond donors (Lipinski definition) is 2. The van der Waals surface area contributed by atoms with Crippen LogP contribution in [0.3, 0.4) is 0 Å². The standard InChI is InChI=1S/C18H16Cl2N4O4.ClH/c19-12-4-3-10(8-13(12)20)14-5-7-21-9-15(26-14)27-17-11(2-1-6-22-17)16-23-18(25)28-24-16;/h1-4,6,8,14-15,21H,5,7,9H2,(H,23,24,25);1H. The van der Waals surface area contributed by atoms with Gasteiger partial charge < -0.3 is 14.8 Å². The van der Waals surface area contributed by atoms with Gasteiger partial charge in [-0.2, -0.15) is 0 Å². The van der Waals surface area contributed by atoms with Crippen LogP contribution in [0.2, 0.25) is 10.0 Å². The van der Waals surface area contributed by atoms with Gasteiger partial charge in [-0.3, -0.25) is 9.51 Å². The zero-order valence-corrected chi connectivity index (χ0v) is 17.3. The lowest BCUT2D eigenvalue weighted by Crippen LogP contribution is -2.31. The highest BCUT2D eigenvalue weighted by molar-refractivity contribution is 6.42. The maximum atomic E-state index is 11.3. The van der Waals surface area contributed by atoms with Gasteiger partial charge in [-0.05, 0) is 42.8 Å². The van der Waals surface area contributed by atoms with E-state index >= 15 is 0 Å². The summed E-state index contributed by atoms with van der Waals surface area (Å²) in [4.78, 5) is 18.0. The molecule has 0 spiro atoms. The van der Waals surface area contributed by atoms with E-state index in [1.54, 1.807) is 30.5 Å². The fraction of sp³-hybridized carbons (Fsp3) is 0.278. The van der Waals surface area contributed by atoms with Crippen LogP contribution in [-0.4, -0.2) is 34.5 Å². The molecule has 2 aromatic heterocycles. The van der Waals surface area contributed by atoms with E-state index < -0.39 is 12.0 Å². The zero-order chi connectivity index (χ0) is 19.5. The lowest BCUT2D eigenvalue weighted by atomic mass is 10.1. The first-order valence-electron chi connectivity index (χ1n) is 8.59. The number of aromatic amines is 1. The van der Waals surface area contributed by atoms with Crippen molar-refractivity contribution in [2.24, 2.45) is 0 Å². The van der Waals surface area contributed by atoms with Crippen molar-refractivity contribution in [2.45, 2.75) is 18.8 Å². The van der Waals surface area contributed by atoms with Crippen LogP contribution in [0.4, 0.5) is 0 Å². The first kappa shape index (κ1) is 21.6. The van der Waals surface area contributed by atoms with E-state index in [-0.39, 0.29) is 30.2 Å². The van der Waals surface area contributed by atoms with E-state index in [0.29, 0.717) is 22.2 Å².